The molecular weight excluding hydrogens is 310 g/mol. The molecule has 1 heterocycles. The van der Waals surface area contributed by atoms with Crippen LogP contribution < -0.4 is 5.73 Å². The van der Waals surface area contributed by atoms with E-state index in [0.717, 1.165) is 0 Å². The van der Waals surface area contributed by atoms with E-state index in [1.54, 1.807) is 0 Å². The highest BCUT2D eigenvalue weighted by atomic mass is 79.9. The lowest BCUT2D eigenvalue weighted by Crippen LogP contribution is -2.00. The van der Waals surface area contributed by atoms with Gasteiger partial charge in [-0.15, -0.1) is 0 Å². The molecule has 1 aromatic heterocycles. The van der Waals surface area contributed by atoms with Gasteiger partial charge in [0, 0.05) is 5.33 Å². The van der Waals surface area contributed by atoms with Gasteiger partial charge in [-0.2, -0.15) is 0 Å². The second kappa shape index (κ2) is 4.32. The summed E-state index contributed by atoms with van der Waals surface area (Å²) in [6, 6.07) is 1.43. The topological polar surface area (TPSA) is 38.9 Å². The van der Waals surface area contributed by atoms with Gasteiger partial charge in [0.15, 0.2) is 0 Å². The van der Waals surface area contributed by atoms with Crippen molar-refractivity contribution in [1.82, 2.24) is 4.98 Å². The Kier molecular flexibility index (Phi) is 3.61. The Hall–Kier alpha value is -0.230. The van der Waals surface area contributed by atoms with Crippen LogP contribution in [0, 0.1) is 0 Å². The van der Waals surface area contributed by atoms with E-state index in [0.29, 0.717) is 10.9 Å². The fraction of sp³-hybridized carbons (Fsp3) is 0.286. The number of rotatable bonds is 2. The van der Waals surface area contributed by atoms with E-state index in [1.165, 1.54) is 6.07 Å². The van der Waals surface area contributed by atoms with Gasteiger partial charge in [0.05, 0.1) is 5.56 Å². The summed E-state index contributed by atoms with van der Waals surface area (Å²) in [6.07, 6.45) is -2.55. The van der Waals surface area contributed by atoms with Gasteiger partial charge in [0.25, 0.3) is 6.43 Å². The molecule has 0 saturated carbocycles. The molecule has 6 heteroatoms. The van der Waals surface area contributed by atoms with Crippen LogP contribution in [0.5, 0.6) is 0 Å². The third kappa shape index (κ3) is 2.37. The molecule has 0 amide bonds. The number of hydrogen-bond donors (Lipinski definition) is 1. The summed E-state index contributed by atoms with van der Waals surface area (Å²) in [5.74, 6) is 0.228. The molecule has 72 valence electrons. The van der Waals surface area contributed by atoms with E-state index in [-0.39, 0.29) is 16.0 Å². The standard InChI is InChI=1S/C7H6Br2F2N2/c8-2-3-1-4(12)13-6(9)5(3)7(10)11/h1,7H,2H2,(H2,12,13). The molecule has 0 unspecified atom stereocenters. The van der Waals surface area contributed by atoms with Crippen LogP contribution in [0.3, 0.4) is 0 Å². The minimum Gasteiger partial charge on any atom is -0.384 e. The molecule has 0 aliphatic heterocycles. The van der Waals surface area contributed by atoms with Crippen LogP contribution in [0.2, 0.25) is 0 Å². The maximum atomic E-state index is 12.5. The lowest BCUT2D eigenvalue weighted by atomic mass is 10.1. The number of nitrogen functional groups attached to an aromatic ring is 1. The summed E-state index contributed by atoms with van der Waals surface area (Å²) in [7, 11) is 0. The summed E-state index contributed by atoms with van der Waals surface area (Å²) in [5.41, 5.74) is 5.74. The van der Waals surface area contributed by atoms with E-state index in [2.05, 4.69) is 36.8 Å². The Bertz CT molecular complexity index is 318. The molecule has 0 aliphatic rings. The maximum absolute atomic E-state index is 12.5. The van der Waals surface area contributed by atoms with E-state index in [4.69, 9.17) is 5.73 Å². The first-order valence-electron chi connectivity index (χ1n) is 3.35. The minimum absolute atomic E-state index is 0.105. The highest BCUT2D eigenvalue weighted by molar-refractivity contribution is 9.10. The van der Waals surface area contributed by atoms with Crippen molar-refractivity contribution in [1.29, 1.82) is 0 Å². The molecule has 0 atom stereocenters. The smallest absolute Gasteiger partial charge is 0.266 e. The number of nitrogens with two attached hydrogens (primary N) is 1. The Morgan fingerprint density at radius 2 is 2.15 bits per heavy atom. The lowest BCUT2D eigenvalue weighted by molar-refractivity contribution is 0.149. The van der Waals surface area contributed by atoms with Gasteiger partial charge in [0.1, 0.15) is 10.4 Å². The van der Waals surface area contributed by atoms with Crippen molar-refractivity contribution < 1.29 is 8.78 Å². The number of halogens is 4. The SMILES string of the molecule is Nc1cc(CBr)c(C(F)F)c(Br)n1. The molecular formula is C7H6Br2F2N2. The largest absolute Gasteiger partial charge is 0.384 e. The van der Waals surface area contributed by atoms with Crippen molar-refractivity contribution in [3.05, 3.63) is 21.8 Å². The molecule has 2 nitrogen and oxygen atoms in total. The van der Waals surface area contributed by atoms with E-state index in [9.17, 15) is 8.78 Å². The lowest BCUT2D eigenvalue weighted by Gasteiger charge is -2.08. The van der Waals surface area contributed by atoms with Crippen molar-refractivity contribution in [2.45, 2.75) is 11.8 Å². The van der Waals surface area contributed by atoms with Crippen LogP contribution in [0.15, 0.2) is 10.7 Å². The predicted octanol–water partition coefficient (Wildman–Crippen LogP) is 3.26. The van der Waals surface area contributed by atoms with Gasteiger partial charge in [-0.1, -0.05) is 15.9 Å². The zero-order valence-corrected chi connectivity index (χ0v) is 9.57. The molecule has 0 radical (unpaired) electrons. The van der Waals surface area contributed by atoms with Crippen LogP contribution in [-0.2, 0) is 5.33 Å². The summed E-state index contributed by atoms with van der Waals surface area (Å²) in [4.78, 5) is 3.70. The van der Waals surface area contributed by atoms with E-state index >= 15 is 0 Å². The fourth-order valence-corrected chi connectivity index (χ4v) is 2.03. The molecule has 1 aromatic rings. The number of nitrogens with zero attached hydrogens (tertiary/aromatic N) is 1. The molecule has 0 bridgehead atoms. The number of anilines is 1. The molecule has 0 spiro atoms. The molecule has 2 N–H and O–H groups in total. The van der Waals surface area contributed by atoms with Gasteiger partial charge in [-0.25, -0.2) is 13.8 Å². The maximum Gasteiger partial charge on any atom is 0.266 e. The first kappa shape index (κ1) is 10.8. The van der Waals surface area contributed by atoms with Crippen LogP contribution in [0.25, 0.3) is 0 Å². The highest BCUT2D eigenvalue weighted by Gasteiger charge is 2.17. The Morgan fingerprint density at radius 3 is 2.62 bits per heavy atom. The monoisotopic (exact) mass is 314 g/mol. The normalized spacial score (nSPS) is 10.8. The first-order valence-corrected chi connectivity index (χ1v) is 5.26. The quantitative estimate of drug-likeness (QED) is 0.672. The molecule has 13 heavy (non-hydrogen) atoms. The van der Waals surface area contributed by atoms with E-state index in [1.807, 2.05) is 0 Å². The molecule has 0 aliphatic carbocycles. The van der Waals surface area contributed by atoms with Crippen molar-refractivity contribution in [3.8, 4) is 0 Å². The van der Waals surface area contributed by atoms with Crippen molar-refractivity contribution in [2.75, 3.05) is 5.73 Å². The molecule has 0 fully saturated rings. The number of pyridine rings is 1. The third-order valence-corrected chi connectivity index (χ3v) is 2.69. The van der Waals surface area contributed by atoms with Crippen LogP contribution in [0.1, 0.15) is 17.6 Å². The van der Waals surface area contributed by atoms with Crippen LogP contribution >= 0.6 is 31.9 Å². The molecule has 0 saturated heterocycles. The number of aromatic nitrogens is 1. The first-order chi connectivity index (χ1) is 6.06. The van der Waals surface area contributed by atoms with Crippen LogP contribution in [0.4, 0.5) is 14.6 Å². The van der Waals surface area contributed by atoms with Crippen molar-refractivity contribution >= 4 is 37.7 Å². The van der Waals surface area contributed by atoms with Gasteiger partial charge < -0.3 is 5.73 Å². The summed E-state index contributed by atoms with van der Waals surface area (Å²) < 4.78 is 25.1. The van der Waals surface area contributed by atoms with E-state index < -0.39 is 6.43 Å². The second-order valence-electron chi connectivity index (χ2n) is 2.35. The van der Waals surface area contributed by atoms with Gasteiger partial charge >= 0.3 is 0 Å². The van der Waals surface area contributed by atoms with Crippen molar-refractivity contribution in [2.24, 2.45) is 0 Å². The minimum atomic E-state index is -2.55. The zero-order chi connectivity index (χ0) is 10.0. The second-order valence-corrected chi connectivity index (χ2v) is 3.66. The summed E-state index contributed by atoms with van der Waals surface area (Å²) in [5, 5.41) is 0.331. The number of alkyl halides is 3. The van der Waals surface area contributed by atoms with Gasteiger partial charge in [0.2, 0.25) is 0 Å². The summed E-state index contributed by atoms with van der Waals surface area (Å²) in [6.45, 7) is 0. The Labute approximate surface area is 90.8 Å². The third-order valence-electron chi connectivity index (χ3n) is 1.48. The predicted molar refractivity (Wildman–Crippen MR) is 53.9 cm³/mol. The molecule has 0 aromatic carbocycles. The van der Waals surface area contributed by atoms with Gasteiger partial charge in [-0.3, -0.25) is 0 Å². The average Bonchev–Trinajstić information content (AvgIpc) is 2.01. The molecule has 1 rings (SSSR count). The fourth-order valence-electron chi connectivity index (χ4n) is 0.935. The number of hydrogen-bond acceptors (Lipinski definition) is 2. The van der Waals surface area contributed by atoms with Gasteiger partial charge in [-0.05, 0) is 27.6 Å². The zero-order valence-electron chi connectivity index (χ0n) is 6.40. The Morgan fingerprint density at radius 1 is 1.54 bits per heavy atom. The van der Waals surface area contributed by atoms with Crippen molar-refractivity contribution in [3.63, 3.8) is 0 Å². The highest BCUT2D eigenvalue weighted by Crippen LogP contribution is 2.31. The van der Waals surface area contributed by atoms with Crippen LogP contribution in [-0.4, -0.2) is 4.98 Å². The Balaban J connectivity index is 3.30. The average molecular weight is 316 g/mol. The summed E-state index contributed by atoms with van der Waals surface area (Å²) >= 11 is 6.05.